The number of fused-ring (bicyclic) bond motifs is 1. The van der Waals surface area contributed by atoms with Crippen LogP contribution in [0.2, 0.25) is 0 Å². The number of sulfonamides is 1. The second kappa shape index (κ2) is 12.3. The lowest BCUT2D eigenvalue weighted by atomic mass is 9.99. The largest absolute Gasteiger partial charge is 0.392 e. The standard InChI is InChI=1S/C31H33N3O5S/c1-3-17-34(2)20-27-19-28(23-14-12-22(21-35)13-15-23)39-31(38-27)25-8-4-10-26(18-25)33-40(36,37)29-11-5-7-24-9-6-16-32-30(24)29/h3-16,18,27-28,31,33,35H,1,17,19-21H2,2H3/t27-,28+,31?/m0/s1. The lowest BCUT2D eigenvalue weighted by Crippen LogP contribution is -2.37. The van der Waals surface area contributed by atoms with E-state index in [1.807, 2.05) is 55.6 Å². The molecule has 1 unspecified atom stereocenters. The number of hydrogen-bond donors (Lipinski definition) is 2. The van der Waals surface area contributed by atoms with Crippen molar-refractivity contribution in [2.24, 2.45) is 0 Å². The van der Waals surface area contributed by atoms with Gasteiger partial charge >= 0.3 is 0 Å². The van der Waals surface area contributed by atoms with Crippen LogP contribution in [0.25, 0.3) is 10.9 Å². The number of nitrogens with zero attached hydrogens (tertiary/aromatic N) is 2. The molecule has 0 aliphatic carbocycles. The van der Waals surface area contributed by atoms with Crippen molar-refractivity contribution >= 4 is 26.6 Å². The Morgan fingerprint density at radius 3 is 2.60 bits per heavy atom. The van der Waals surface area contributed by atoms with E-state index in [0.29, 0.717) is 29.7 Å². The molecule has 8 nitrogen and oxygen atoms in total. The van der Waals surface area contributed by atoms with Gasteiger partial charge in [-0.2, -0.15) is 0 Å². The highest BCUT2D eigenvalue weighted by Crippen LogP contribution is 2.39. The number of rotatable bonds is 10. The first-order valence-corrected chi connectivity index (χ1v) is 14.6. The van der Waals surface area contributed by atoms with E-state index in [1.165, 1.54) is 0 Å². The van der Waals surface area contributed by atoms with Crippen molar-refractivity contribution in [3.8, 4) is 0 Å². The third kappa shape index (κ3) is 6.41. The summed E-state index contributed by atoms with van der Waals surface area (Å²) in [5.41, 5.74) is 3.32. The summed E-state index contributed by atoms with van der Waals surface area (Å²) in [7, 11) is -1.90. The van der Waals surface area contributed by atoms with E-state index in [9.17, 15) is 13.5 Å². The molecule has 9 heteroatoms. The first kappa shape index (κ1) is 27.9. The molecule has 0 spiro atoms. The number of aliphatic hydroxyl groups is 1. The van der Waals surface area contributed by atoms with E-state index in [-0.39, 0.29) is 23.7 Å². The Kier molecular flexibility index (Phi) is 8.58. The maximum absolute atomic E-state index is 13.4. The number of aromatic nitrogens is 1. The predicted octanol–water partition coefficient (Wildman–Crippen LogP) is 5.19. The van der Waals surface area contributed by atoms with Crippen LogP contribution in [0.5, 0.6) is 0 Å². The topological polar surface area (TPSA) is 101 Å². The van der Waals surface area contributed by atoms with Gasteiger partial charge in [-0.3, -0.25) is 9.71 Å². The van der Waals surface area contributed by atoms with Gasteiger partial charge in [-0.1, -0.05) is 60.7 Å². The summed E-state index contributed by atoms with van der Waals surface area (Å²) in [5, 5.41) is 10.2. The lowest BCUT2D eigenvalue weighted by Gasteiger charge is -2.37. The van der Waals surface area contributed by atoms with E-state index in [1.54, 1.807) is 42.6 Å². The molecular weight excluding hydrogens is 526 g/mol. The second-order valence-electron chi connectivity index (χ2n) is 9.92. The van der Waals surface area contributed by atoms with Gasteiger partial charge in [-0.15, -0.1) is 6.58 Å². The zero-order valence-corrected chi connectivity index (χ0v) is 23.1. The van der Waals surface area contributed by atoms with Gasteiger partial charge in [-0.25, -0.2) is 8.42 Å². The fourth-order valence-electron chi connectivity index (χ4n) is 4.93. The quantitative estimate of drug-likeness (QED) is 0.258. The number of nitrogens with one attached hydrogen (secondary N) is 1. The number of benzene rings is 3. The highest BCUT2D eigenvalue weighted by Gasteiger charge is 2.33. The van der Waals surface area contributed by atoms with Gasteiger partial charge in [0.1, 0.15) is 4.90 Å². The van der Waals surface area contributed by atoms with Crippen molar-refractivity contribution in [3.05, 3.63) is 114 Å². The van der Waals surface area contributed by atoms with E-state index in [0.717, 1.165) is 23.1 Å². The monoisotopic (exact) mass is 559 g/mol. The van der Waals surface area contributed by atoms with Crippen LogP contribution >= 0.6 is 0 Å². The molecular formula is C31H33N3O5S. The molecule has 3 atom stereocenters. The molecule has 1 aliphatic heterocycles. The fraction of sp³-hybridized carbons (Fsp3) is 0.258. The fourth-order valence-corrected chi connectivity index (χ4v) is 6.16. The zero-order chi connectivity index (χ0) is 28.1. The van der Waals surface area contributed by atoms with E-state index >= 15 is 0 Å². The predicted molar refractivity (Wildman–Crippen MR) is 155 cm³/mol. The molecule has 4 aromatic rings. The molecule has 1 saturated heterocycles. The highest BCUT2D eigenvalue weighted by atomic mass is 32.2. The van der Waals surface area contributed by atoms with E-state index in [2.05, 4.69) is 21.2 Å². The molecule has 1 aromatic heterocycles. The number of para-hydroxylation sites is 1. The number of anilines is 1. The Morgan fingerprint density at radius 2 is 1.82 bits per heavy atom. The lowest BCUT2D eigenvalue weighted by molar-refractivity contribution is -0.252. The minimum Gasteiger partial charge on any atom is -0.392 e. The molecule has 0 radical (unpaired) electrons. The maximum atomic E-state index is 13.4. The number of likely N-dealkylation sites (N-methyl/N-ethyl adjacent to an activating group) is 1. The number of hydrogen-bond acceptors (Lipinski definition) is 7. The zero-order valence-electron chi connectivity index (χ0n) is 22.3. The van der Waals surface area contributed by atoms with Gasteiger partial charge in [-0.05, 0) is 42.4 Å². The normalized spacial score (nSPS) is 19.5. The minimum absolute atomic E-state index is 0.0238. The summed E-state index contributed by atoms with van der Waals surface area (Å²) >= 11 is 0. The number of aliphatic hydroxyl groups excluding tert-OH is 1. The summed E-state index contributed by atoms with van der Waals surface area (Å²) in [6.07, 6.45) is 3.00. The van der Waals surface area contributed by atoms with Crippen molar-refractivity contribution in [2.75, 3.05) is 24.9 Å². The van der Waals surface area contributed by atoms with Crippen LogP contribution in [0.3, 0.4) is 0 Å². The van der Waals surface area contributed by atoms with Crippen LogP contribution in [0.1, 0.15) is 35.5 Å². The summed E-state index contributed by atoms with van der Waals surface area (Å²) in [6, 6.07) is 23.5. The Labute approximate surface area is 234 Å². The average Bonchev–Trinajstić information content (AvgIpc) is 2.96. The number of ether oxygens (including phenoxy) is 2. The Bertz CT molecular complexity index is 1570. The first-order valence-electron chi connectivity index (χ1n) is 13.1. The third-order valence-corrected chi connectivity index (χ3v) is 8.28. The van der Waals surface area contributed by atoms with Crippen molar-refractivity contribution < 1.29 is 23.0 Å². The molecule has 0 amide bonds. The van der Waals surface area contributed by atoms with Gasteiger partial charge in [0, 0.05) is 42.3 Å². The van der Waals surface area contributed by atoms with Crippen molar-refractivity contribution in [1.82, 2.24) is 9.88 Å². The van der Waals surface area contributed by atoms with Gasteiger partial charge in [0.05, 0.1) is 24.3 Å². The van der Waals surface area contributed by atoms with E-state index < -0.39 is 16.3 Å². The Hall–Kier alpha value is -3.60. The molecule has 1 aliphatic rings. The van der Waals surface area contributed by atoms with Gasteiger partial charge in [0.25, 0.3) is 10.0 Å². The second-order valence-corrected chi connectivity index (χ2v) is 11.6. The highest BCUT2D eigenvalue weighted by molar-refractivity contribution is 7.93. The van der Waals surface area contributed by atoms with Crippen LogP contribution in [-0.4, -0.2) is 49.6 Å². The smallest absolute Gasteiger partial charge is 0.264 e. The summed E-state index contributed by atoms with van der Waals surface area (Å²) in [4.78, 5) is 6.53. The van der Waals surface area contributed by atoms with Crippen molar-refractivity contribution in [1.29, 1.82) is 0 Å². The summed E-state index contributed by atoms with van der Waals surface area (Å²) in [5.74, 6) is 0. The van der Waals surface area contributed by atoms with Crippen LogP contribution in [0.4, 0.5) is 5.69 Å². The molecule has 2 heterocycles. The van der Waals surface area contributed by atoms with Crippen molar-refractivity contribution in [3.63, 3.8) is 0 Å². The van der Waals surface area contributed by atoms with Crippen molar-refractivity contribution in [2.45, 2.75) is 36.4 Å². The van der Waals surface area contributed by atoms with E-state index in [4.69, 9.17) is 9.47 Å². The first-order chi connectivity index (χ1) is 19.4. The molecule has 2 N–H and O–H groups in total. The third-order valence-electron chi connectivity index (χ3n) is 6.87. The molecule has 40 heavy (non-hydrogen) atoms. The minimum atomic E-state index is -3.91. The summed E-state index contributed by atoms with van der Waals surface area (Å²) < 4.78 is 42.3. The van der Waals surface area contributed by atoms with Gasteiger partial charge in [0.15, 0.2) is 6.29 Å². The number of pyridine rings is 1. The molecule has 1 fully saturated rings. The molecule has 0 saturated carbocycles. The Balaban J connectivity index is 1.41. The van der Waals surface area contributed by atoms with Gasteiger partial charge < -0.3 is 19.5 Å². The summed E-state index contributed by atoms with van der Waals surface area (Å²) in [6.45, 7) is 5.20. The molecule has 0 bridgehead atoms. The molecule has 208 valence electrons. The maximum Gasteiger partial charge on any atom is 0.264 e. The van der Waals surface area contributed by atoms with Gasteiger partial charge in [0.2, 0.25) is 0 Å². The van der Waals surface area contributed by atoms with Crippen LogP contribution < -0.4 is 4.72 Å². The average molecular weight is 560 g/mol. The SMILES string of the molecule is C=CCN(C)C[C@@H]1C[C@H](c2ccc(CO)cc2)OC(c2cccc(NS(=O)(=O)c3cccc4cccnc34)c2)O1. The molecule has 3 aromatic carbocycles. The molecule has 5 rings (SSSR count). The van der Waals surface area contributed by atoms with Crippen LogP contribution in [-0.2, 0) is 26.1 Å². The van der Waals surface area contributed by atoms with Crippen LogP contribution in [0.15, 0.2) is 103 Å². The van der Waals surface area contributed by atoms with Crippen LogP contribution in [0, 0.1) is 0 Å². The Morgan fingerprint density at radius 1 is 1.05 bits per heavy atom.